The molecule has 1 heterocycles. The second-order valence-corrected chi connectivity index (χ2v) is 7.00. The number of nitrogen functional groups attached to an aromatic ring is 1. The Morgan fingerprint density at radius 1 is 1.47 bits per heavy atom. The number of nitro groups is 1. The molecule has 7 nitrogen and oxygen atoms in total. The van der Waals surface area contributed by atoms with Gasteiger partial charge in [0.2, 0.25) is 10.0 Å². The van der Waals surface area contributed by atoms with E-state index in [0.717, 1.165) is 24.3 Å². The third-order valence-corrected chi connectivity index (χ3v) is 5.43. The van der Waals surface area contributed by atoms with Crippen LogP contribution >= 0.6 is 11.8 Å². The first-order valence-electron chi connectivity index (χ1n) is 5.54. The molecule has 0 spiro atoms. The average molecular weight is 303 g/mol. The van der Waals surface area contributed by atoms with Crippen LogP contribution in [-0.4, -0.2) is 30.9 Å². The molecular formula is C10H13N3O4S2. The van der Waals surface area contributed by atoms with Crippen LogP contribution in [0.5, 0.6) is 0 Å². The quantitative estimate of drug-likeness (QED) is 0.486. The lowest BCUT2D eigenvalue weighted by molar-refractivity contribution is -0.387. The summed E-state index contributed by atoms with van der Waals surface area (Å²) < 4.78 is 26.9. The maximum Gasteiger partial charge on any atom is 0.289 e. The second-order valence-electron chi connectivity index (χ2n) is 4.17. The van der Waals surface area contributed by atoms with E-state index in [1.807, 2.05) is 0 Å². The van der Waals surface area contributed by atoms with Crippen molar-refractivity contribution < 1.29 is 13.3 Å². The zero-order valence-electron chi connectivity index (χ0n) is 9.90. The smallest absolute Gasteiger partial charge is 0.289 e. The molecular weight excluding hydrogens is 290 g/mol. The van der Waals surface area contributed by atoms with Gasteiger partial charge in [0.25, 0.3) is 5.69 Å². The van der Waals surface area contributed by atoms with Crippen LogP contribution in [0, 0.1) is 10.1 Å². The Kier molecular flexibility index (Phi) is 3.97. The lowest BCUT2D eigenvalue weighted by Crippen LogP contribution is -2.35. The van der Waals surface area contributed by atoms with Crippen molar-refractivity contribution in [3.8, 4) is 0 Å². The number of anilines is 1. The van der Waals surface area contributed by atoms with E-state index in [2.05, 4.69) is 4.72 Å². The summed E-state index contributed by atoms with van der Waals surface area (Å²) >= 11 is 1.65. The van der Waals surface area contributed by atoms with Crippen LogP contribution in [0.3, 0.4) is 0 Å². The van der Waals surface area contributed by atoms with Crippen molar-refractivity contribution in [3.63, 3.8) is 0 Å². The first-order chi connectivity index (χ1) is 8.90. The number of rotatable bonds is 4. The zero-order chi connectivity index (χ0) is 14.0. The highest BCUT2D eigenvalue weighted by Gasteiger charge is 2.29. The number of hydrogen-bond acceptors (Lipinski definition) is 6. The molecule has 1 aromatic rings. The Morgan fingerprint density at radius 2 is 2.21 bits per heavy atom. The van der Waals surface area contributed by atoms with Crippen LogP contribution in [0.1, 0.15) is 6.42 Å². The van der Waals surface area contributed by atoms with Crippen LogP contribution in [0.15, 0.2) is 23.1 Å². The van der Waals surface area contributed by atoms with Gasteiger partial charge in [-0.05, 0) is 24.3 Å². The number of nitrogens with two attached hydrogens (primary N) is 1. The monoisotopic (exact) mass is 303 g/mol. The number of hydrogen-bond donors (Lipinski definition) is 2. The van der Waals surface area contributed by atoms with Crippen molar-refractivity contribution in [2.45, 2.75) is 17.4 Å². The van der Waals surface area contributed by atoms with E-state index in [1.54, 1.807) is 11.8 Å². The Morgan fingerprint density at radius 3 is 2.79 bits per heavy atom. The van der Waals surface area contributed by atoms with Gasteiger partial charge in [-0.3, -0.25) is 10.1 Å². The number of nitro benzene ring substituents is 1. The van der Waals surface area contributed by atoms with Crippen molar-refractivity contribution in [1.82, 2.24) is 4.72 Å². The van der Waals surface area contributed by atoms with Crippen LogP contribution in [0.2, 0.25) is 0 Å². The summed E-state index contributed by atoms with van der Waals surface area (Å²) in [4.78, 5) is 9.78. The van der Waals surface area contributed by atoms with Crippen LogP contribution in [-0.2, 0) is 10.0 Å². The van der Waals surface area contributed by atoms with E-state index in [4.69, 9.17) is 5.73 Å². The molecule has 0 amide bonds. The topological polar surface area (TPSA) is 115 Å². The lowest BCUT2D eigenvalue weighted by Gasteiger charge is -2.12. The first-order valence-corrected chi connectivity index (χ1v) is 8.18. The molecule has 0 bridgehead atoms. The molecule has 1 aliphatic heterocycles. The second kappa shape index (κ2) is 5.35. The standard InChI is InChI=1S/C10H13N3O4S2/c11-7-1-2-9(13(14)15)10(5-7)19(16,17)12-8-3-4-18-6-8/h1-2,5,8,12H,3-4,6,11H2. The van der Waals surface area contributed by atoms with Gasteiger partial charge in [-0.1, -0.05) is 0 Å². The maximum atomic E-state index is 12.2. The van der Waals surface area contributed by atoms with Gasteiger partial charge in [0, 0.05) is 23.5 Å². The van der Waals surface area contributed by atoms with Gasteiger partial charge < -0.3 is 5.73 Å². The summed E-state index contributed by atoms with van der Waals surface area (Å²) in [5.41, 5.74) is 5.22. The fourth-order valence-electron chi connectivity index (χ4n) is 1.81. The minimum absolute atomic E-state index is 0.173. The molecule has 0 saturated carbocycles. The van der Waals surface area contributed by atoms with E-state index in [1.165, 1.54) is 6.07 Å². The molecule has 2 rings (SSSR count). The predicted molar refractivity (Wildman–Crippen MR) is 73.6 cm³/mol. The average Bonchev–Trinajstić information content (AvgIpc) is 2.80. The highest BCUT2D eigenvalue weighted by molar-refractivity contribution is 7.99. The summed E-state index contributed by atoms with van der Waals surface area (Å²) in [6.07, 6.45) is 0.722. The Bertz CT molecular complexity index is 597. The number of benzene rings is 1. The summed E-state index contributed by atoms with van der Waals surface area (Å²) in [5.74, 6) is 1.56. The Labute approximate surface area is 114 Å². The van der Waals surface area contributed by atoms with Gasteiger partial charge >= 0.3 is 0 Å². The normalized spacial score (nSPS) is 19.5. The molecule has 104 valence electrons. The van der Waals surface area contributed by atoms with Crippen LogP contribution in [0.4, 0.5) is 11.4 Å². The molecule has 1 saturated heterocycles. The van der Waals surface area contributed by atoms with Gasteiger partial charge in [0.1, 0.15) is 0 Å². The first kappa shape index (κ1) is 14.1. The van der Waals surface area contributed by atoms with Crippen molar-refractivity contribution in [2.24, 2.45) is 0 Å². The fourth-order valence-corrected chi connectivity index (χ4v) is 4.54. The Balaban J connectivity index is 2.38. The molecule has 9 heteroatoms. The molecule has 0 aromatic heterocycles. The summed E-state index contributed by atoms with van der Waals surface area (Å²) in [5, 5.41) is 10.9. The number of sulfonamides is 1. The minimum Gasteiger partial charge on any atom is -0.399 e. The van der Waals surface area contributed by atoms with Crippen molar-refractivity contribution in [3.05, 3.63) is 28.3 Å². The van der Waals surface area contributed by atoms with Gasteiger partial charge in [-0.15, -0.1) is 0 Å². The fraction of sp³-hybridized carbons (Fsp3) is 0.400. The summed E-state index contributed by atoms with van der Waals surface area (Å²) in [6.45, 7) is 0. The highest BCUT2D eigenvalue weighted by Crippen LogP contribution is 2.27. The van der Waals surface area contributed by atoms with Crippen LogP contribution < -0.4 is 10.5 Å². The predicted octanol–water partition coefficient (Wildman–Crippen LogP) is 0.961. The minimum atomic E-state index is -3.93. The lowest BCUT2D eigenvalue weighted by atomic mass is 10.3. The molecule has 3 N–H and O–H groups in total. The highest BCUT2D eigenvalue weighted by atomic mass is 32.2. The molecule has 1 unspecified atom stereocenters. The third kappa shape index (κ3) is 3.17. The summed E-state index contributed by atoms with van der Waals surface area (Å²) in [6, 6.07) is 3.34. The van der Waals surface area contributed by atoms with Gasteiger partial charge in [-0.25, -0.2) is 13.1 Å². The maximum absolute atomic E-state index is 12.2. The molecule has 0 aliphatic carbocycles. The molecule has 1 aromatic carbocycles. The van der Waals surface area contributed by atoms with Crippen molar-refractivity contribution in [2.75, 3.05) is 17.2 Å². The van der Waals surface area contributed by atoms with E-state index in [9.17, 15) is 18.5 Å². The number of nitrogens with zero attached hydrogens (tertiary/aromatic N) is 1. The molecule has 0 radical (unpaired) electrons. The largest absolute Gasteiger partial charge is 0.399 e. The molecule has 19 heavy (non-hydrogen) atoms. The molecule has 1 atom stereocenters. The zero-order valence-corrected chi connectivity index (χ0v) is 11.5. The Hall–Kier alpha value is -1.32. The van der Waals surface area contributed by atoms with Crippen molar-refractivity contribution in [1.29, 1.82) is 0 Å². The van der Waals surface area contributed by atoms with Gasteiger partial charge in [0.15, 0.2) is 4.90 Å². The number of thioether (sulfide) groups is 1. The van der Waals surface area contributed by atoms with Crippen LogP contribution in [0.25, 0.3) is 0 Å². The summed E-state index contributed by atoms with van der Waals surface area (Å²) in [7, 11) is -3.93. The van der Waals surface area contributed by atoms with E-state index in [0.29, 0.717) is 5.75 Å². The van der Waals surface area contributed by atoms with E-state index in [-0.39, 0.29) is 16.6 Å². The SMILES string of the molecule is Nc1ccc([N+](=O)[O-])c(S(=O)(=O)NC2CCSC2)c1. The van der Waals surface area contributed by atoms with E-state index < -0.39 is 20.6 Å². The van der Waals surface area contributed by atoms with E-state index >= 15 is 0 Å². The van der Waals surface area contributed by atoms with Crippen molar-refractivity contribution >= 4 is 33.2 Å². The van der Waals surface area contributed by atoms with Gasteiger partial charge in [0.05, 0.1) is 4.92 Å². The molecule has 1 fully saturated rings. The molecule has 1 aliphatic rings. The van der Waals surface area contributed by atoms with Gasteiger partial charge in [-0.2, -0.15) is 11.8 Å². The number of nitrogens with one attached hydrogen (secondary N) is 1. The third-order valence-electron chi connectivity index (χ3n) is 2.72.